The van der Waals surface area contributed by atoms with Gasteiger partial charge < -0.3 is 10.6 Å². The van der Waals surface area contributed by atoms with Crippen LogP contribution < -0.4 is 10.6 Å². The van der Waals surface area contributed by atoms with E-state index in [2.05, 4.69) is 10.6 Å². The molecule has 2 aromatic rings. The standard InChI is InChI=1S/C17H16F2N2O2S/c1-20-17(23)11-2-4-12(5-3-11)21-16(22)8-9-24-13-6-7-14(18)15(19)10-13/h2-7,10H,8-9H2,1H3,(H,20,23)(H,21,22). The van der Waals surface area contributed by atoms with E-state index in [-0.39, 0.29) is 18.2 Å². The summed E-state index contributed by atoms with van der Waals surface area (Å²) >= 11 is 1.27. The molecule has 2 amide bonds. The van der Waals surface area contributed by atoms with Crippen molar-refractivity contribution in [3.8, 4) is 0 Å². The lowest BCUT2D eigenvalue weighted by molar-refractivity contribution is -0.115. The third kappa shape index (κ3) is 5.06. The van der Waals surface area contributed by atoms with E-state index in [0.29, 0.717) is 21.9 Å². The Balaban J connectivity index is 1.80. The van der Waals surface area contributed by atoms with Crippen LogP contribution in [0, 0.1) is 11.6 Å². The Morgan fingerprint density at radius 1 is 1.04 bits per heavy atom. The van der Waals surface area contributed by atoms with Crippen molar-refractivity contribution in [3.05, 3.63) is 59.7 Å². The summed E-state index contributed by atoms with van der Waals surface area (Å²) in [6.07, 6.45) is 0.223. The minimum absolute atomic E-state index is 0.197. The second kappa shape index (κ2) is 8.44. The monoisotopic (exact) mass is 350 g/mol. The molecular weight excluding hydrogens is 334 g/mol. The summed E-state index contributed by atoms with van der Waals surface area (Å²) < 4.78 is 25.9. The molecule has 4 nitrogen and oxygen atoms in total. The fourth-order valence-corrected chi connectivity index (χ4v) is 2.78. The lowest BCUT2D eigenvalue weighted by Crippen LogP contribution is -2.18. The summed E-state index contributed by atoms with van der Waals surface area (Å²) in [6.45, 7) is 0. The van der Waals surface area contributed by atoms with E-state index >= 15 is 0 Å². The van der Waals surface area contributed by atoms with Gasteiger partial charge in [-0.05, 0) is 42.5 Å². The first-order valence-electron chi connectivity index (χ1n) is 7.19. The normalized spacial score (nSPS) is 10.3. The van der Waals surface area contributed by atoms with E-state index in [4.69, 9.17) is 0 Å². The highest BCUT2D eigenvalue weighted by molar-refractivity contribution is 7.99. The number of thioether (sulfide) groups is 1. The third-order valence-corrected chi connectivity index (χ3v) is 4.14. The van der Waals surface area contributed by atoms with E-state index < -0.39 is 11.6 Å². The molecule has 0 bridgehead atoms. The number of nitrogens with one attached hydrogen (secondary N) is 2. The van der Waals surface area contributed by atoms with Crippen molar-refractivity contribution in [2.45, 2.75) is 11.3 Å². The molecule has 0 spiro atoms. The van der Waals surface area contributed by atoms with Crippen LogP contribution in [0.1, 0.15) is 16.8 Å². The van der Waals surface area contributed by atoms with Gasteiger partial charge in [0.25, 0.3) is 5.91 Å². The summed E-state index contributed by atoms with van der Waals surface area (Å²) in [5.41, 5.74) is 1.09. The number of benzene rings is 2. The van der Waals surface area contributed by atoms with Crippen molar-refractivity contribution < 1.29 is 18.4 Å². The summed E-state index contributed by atoms with van der Waals surface area (Å²) in [5.74, 6) is -1.75. The van der Waals surface area contributed by atoms with Gasteiger partial charge in [-0.2, -0.15) is 0 Å². The minimum Gasteiger partial charge on any atom is -0.355 e. The van der Waals surface area contributed by atoms with Crippen molar-refractivity contribution in [1.82, 2.24) is 5.32 Å². The predicted octanol–water partition coefficient (Wildman–Crippen LogP) is 3.45. The number of anilines is 1. The van der Waals surface area contributed by atoms with Gasteiger partial charge in [0.05, 0.1) is 0 Å². The van der Waals surface area contributed by atoms with Crippen molar-refractivity contribution in [2.24, 2.45) is 0 Å². The number of hydrogen-bond donors (Lipinski definition) is 2. The van der Waals surface area contributed by atoms with Crippen LogP contribution >= 0.6 is 11.8 Å². The average molecular weight is 350 g/mol. The molecule has 0 aliphatic rings. The number of carbonyl (C=O) groups is 2. The van der Waals surface area contributed by atoms with Gasteiger partial charge >= 0.3 is 0 Å². The third-order valence-electron chi connectivity index (χ3n) is 3.15. The van der Waals surface area contributed by atoms with Crippen molar-refractivity contribution >= 4 is 29.3 Å². The lowest BCUT2D eigenvalue weighted by atomic mass is 10.2. The number of amides is 2. The molecule has 126 valence electrons. The Kier molecular flexibility index (Phi) is 6.31. The van der Waals surface area contributed by atoms with E-state index in [0.717, 1.165) is 12.1 Å². The number of carbonyl (C=O) groups excluding carboxylic acids is 2. The van der Waals surface area contributed by atoms with Gasteiger partial charge in [0, 0.05) is 35.4 Å². The van der Waals surface area contributed by atoms with Crippen LogP contribution in [0.25, 0.3) is 0 Å². The van der Waals surface area contributed by atoms with E-state index in [1.165, 1.54) is 17.8 Å². The molecule has 2 aromatic carbocycles. The Hall–Kier alpha value is -2.41. The quantitative estimate of drug-likeness (QED) is 0.785. The topological polar surface area (TPSA) is 58.2 Å². The minimum atomic E-state index is -0.902. The van der Waals surface area contributed by atoms with Crippen LogP contribution in [0.5, 0.6) is 0 Å². The summed E-state index contributed by atoms with van der Waals surface area (Å²) in [6, 6.07) is 10.2. The van der Waals surface area contributed by atoms with Crippen molar-refractivity contribution in [2.75, 3.05) is 18.1 Å². The summed E-state index contributed by atoms with van der Waals surface area (Å²) in [4.78, 5) is 23.8. The SMILES string of the molecule is CNC(=O)c1ccc(NC(=O)CCSc2ccc(F)c(F)c2)cc1. The highest BCUT2D eigenvalue weighted by Gasteiger charge is 2.07. The molecule has 0 saturated carbocycles. The molecule has 0 heterocycles. The second-order valence-corrected chi connectivity index (χ2v) is 6.05. The van der Waals surface area contributed by atoms with E-state index in [9.17, 15) is 18.4 Å². The maximum atomic E-state index is 13.1. The van der Waals surface area contributed by atoms with Crippen molar-refractivity contribution in [1.29, 1.82) is 0 Å². The summed E-state index contributed by atoms with van der Waals surface area (Å²) in [5, 5.41) is 5.23. The molecule has 7 heteroatoms. The second-order valence-electron chi connectivity index (χ2n) is 4.88. The largest absolute Gasteiger partial charge is 0.355 e. The van der Waals surface area contributed by atoms with Crippen LogP contribution in [-0.4, -0.2) is 24.6 Å². The first-order chi connectivity index (χ1) is 11.5. The van der Waals surface area contributed by atoms with Gasteiger partial charge in [0.2, 0.25) is 5.91 Å². The zero-order valence-corrected chi connectivity index (χ0v) is 13.8. The van der Waals surface area contributed by atoms with Gasteiger partial charge in [-0.1, -0.05) is 0 Å². The van der Waals surface area contributed by atoms with Crippen LogP contribution in [0.3, 0.4) is 0 Å². The Labute approximate surface area is 142 Å². The van der Waals surface area contributed by atoms with Crippen LogP contribution in [-0.2, 0) is 4.79 Å². The van der Waals surface area contributed by atoms with E-state index in [1.807, 2.05) is 0 Å². The Bertz CT molecular complexity index is 736. The highest BCUT2D eigenvalue weighted by atomic mass is 32.2. The molecule has 0 aromatic heterocycles. The zero-order chi connectivity index (χ0) is 17.5. The molecule has 2 N–H and O–H groups in total. The van der Waals surface area contributed by atoms with Crippen LogP contribution in [0.4, 0.5) is 14.5 Å². The molecule has 0 aliphatic heterocycles. The number of hydrogen-bond acceptors (Lipinski definition) is 3. The molecular formula is C17H16F2N2O2S. The smallest absolute Gasteiger partial charge is 0.251 e. The summed E-state index contributed by atoms with van der Waals surface area (Å²) in [7, 11) is 1.54. The van der Waals surface area contributed by atoms with Gasteiger partial charge in [-0.3, -0.25) is 9.59 Å². The molecule has 0 atom stereocenters. The first-order valence-corrected chi connectivity index (χ1v) is 8.18. The molecule has 24 heavy (non-hydrogen) atoms. The molecule has 2 rings (SSSR count). The molecule has 0 aliphatic carbocycles. The predicted molar refractivity (Wildman–Crippen MR) is 90.2 cm³/mol. The molecule has 0 saturated heterocycles. The molecule has 0 fully saturated rings. The van der Waals surface area contributed by atoms with Crippen LogP contribution in [0.2, 0.25) is 0 Å². The highest BCUT2D eigenvalue weighted by Crippen LogP contribution is 2.21. The molecule has 0 unspecified atom stereocenters. The average Bonchev–Trinajstić information content (AvgIpc) is 2.58. The fourth-order valence-electron chi connectivity index (χ4n) is 1.90. The fraction of sp³-hybridized carbons (Fsp3) is 0.176. The van der Waals surface area contributed by atoms with Gasteiger partial charge in [-0.15, -0.1) is 11.8 Å². The lowest BCUT2D eigenvalue weighted by Gasteiger charge is -2.06. The van der Waals surface area contributed by atoms with Crippen LogP contribution in [0.15, 0.2) is 47.4 Å². The Morgan fingerprint density at radius 2 is 1.75 bits per heavy atom. The Morgan fingerprint density at radius 3 is 2.38 bits per heavy atom. The number of rotatable bonds is 6. The molecule has 0 radical (unpaired) electrons. The maximum absolute atomic E-state index is 13.1. The van der Waals surface area contributed by atoms with Gasteiger partial charge in [-0.25, -0.2) is 8.78 Å². The van der Waals surface area contributed by atoms with Crippen molar-refractivity contribution in [3.63, 3.8) is 0 Å². The van der Waals surface area contributed by atoms with Gasteiger partial charge in [0.15, 0.2) is 11.6 Å². The first kappa shape index (κ1) is 17.9. The van der Waals surface area contributed by atoms with E-state index in [1.54, 1.807) is 31.3 Å². The van der Waals surface area contributed by atoms with Gasteiger partial charge in [0.1, 0.15) is 0 Å². The maximum Gasteiger partial charge on any atom is 0.251 e. The zero-order valence-electron chi connectivity index (χ0n) is 12.9. The number of halogens is 2.